The number of nitrogens with zero attached hydrogens (tertiary/aromatic N) is 2. The van der Waals surface area contributed by atoms with Gasteiger partial charge in [0.15, 0.2) is 11.5 Å². The summed E-state index contributed by atoms with van der Waals surface area (Å²) in [5, 5.41) is 7.64. The normalized spacial score (nSPS) is 13.4. The SMILES string of the molecule is CSc1cc2c(cc1CNCCn1cccn1)OCCO2. The van der Waals surface area contributed by atoms with E-state index in [2.05, 4.69) is 28.8 Å². The molecule has 0 bridgehead atoms. The standard InChI is InChI=1S/C15H19N3O2S/c1-21-15-10-14-13(19-7-8-20-14)9-12(15)11-16-4-6-18-5-2-3-17-18/h2-3,5,9-10,16H,4,6-8,11H2,1H3. The van der Waals surface area contributed by atoms with Gasteiger partial charge in [-0.1, -0.05) is 0 Å². The van der Waals surface area contributed by atoms with Gasteiger partial charge in [-0.05, 0) is 30.0 Å². The highest BCUT2D eigenvalue weighted by molar-refractivity contribution is 7.98. The number of aromatic nitrogens is 2. The molecule has 0 fully saturated rings. The third-order valence-electron chi connectivity index (χ3n) is 3.34. The Kier molecular flexibility index (Phi) is 4.67. The number of thioether (sulfide) groups is 1. The van der Waals surface area contributed by atoms with Crippen molar-refractivity contribution in [1.29, 1.82) is 0 Å². The largest absolute Gasteiger partial charge is 0.486 e. The monoisotopic (exact) mass is 305 g/mol. The molecular weight excluding hydrogens is 286 g/mol. The van der Waals surface area contributed by atoms with Crippen molar-refractivity contribution in [2.45, 2.75) is 18.0 Å². The van der Waals surface area contributed by atoms with Gasteiger partial charge in [0.2, 0.25) is 0 Å². The molecule has 21 heavy (non-hydrogen) atoms. The van der Waals surface area contributed by atoms with Crippen LogP contribution in [0.3, 0.4) is 0 Å². The highest BCUT2D eigenvalue weighted by Crippen LogP contribution is 2.36. The van der Waals surface area contributed by atoms with Crippen molar-refractivity contribution in [1.82, 2.24) is 15.1 Å². The van der Waals surface area contributed by atoms with Crippen LogP contribution in [0.4, 0.5) is 0 Å². The van der Waals surface area contributed by atoms with Gasteiger partial charge < -0.3 is 14.8 Å². The zero-order chi connectivity index (χ0) is 14.5. The van der Waals surface area contributed by atoms with Crippen LogP contribution in [0, 0.1) is 0 Å². The molecule has 1 aromatic carbocycles. The quantitative estimate of drug-likeness (QED) is 0.655. The van der Waals surface area contributed by atoms with Crippen molar-refractivity contribution < 1.29 is 9.47 Å². The lowest BCUT2D eigenvalue weighted by Crippen LogP contribution is -2.21. The molecule has 0 saturated carbocycles. The van der Waals surface area contributed by atoms with E-state index in [-0.39, 0.29) is 0 Å². The molecule has 0 amide bonds. The fraction of sp³-hybridized carbons (Fsp3) is 0.400. The van der Waals surface area contributed by atoms with E-state index in [4.69, 9.17) is 9.47 Å². The summed E-state index contributed by atoms with van der Waals surface area (Å²) in [7, 11) is 0. The molecule has 0 radical (unpaired) electrons. The Balaban J connectivity index is 1.61. The van der Waals surface area contributed by atoms with Gasteiger partial charge in [0.05, 0.1) is 6.54 Å². The molecule has 2 heterocycles. The fourth-order valence-corrected chi connectivity index (χ4v) is 2.91. The molecule has 112 valence electrons. The van der Waals surface area contributed by atoms with Gasteiger partial charge in [-0.2, -0.15) is 5.10 Å². The van der Waals surface area contributed by atoms with Crippen molar-refractivity contribution in [2.24, 2.45) is 0 Å². The first-order valence-corrected chi connectivity index (χ1v) is 8.24. The maximum Gasteiger partial charge on any atom is 0.162 e. The Morgan fingerprint density at radius 2 is 2.10 bits per heavy atom. The Bertz CT molecular complexity index is 587. The second-order valence-electron chi connectivity index (χ2n) is 4.75. The van der Waals surface area contributed by atoms with E-state index in [9.17, 15) is 0 Å². The minimum atomic E-state index is 0.623. The van der Waals surface area contributed by atoms with Gasteiger partial charge in [0.25, 0.3) is 0 Å². The summed E-state index contributed by atoms with van der Waals surface area (Å²) in [5.41, 5.74) is 1.24. The van der Waals surface area contributed by atoms with Crippen molar-refractivity contribution in [2.75, 3.05) is 26.0 Å². The number of ether oxygens (including phenoxy) is 2. The summed E-state index contributed by atoms with van der Waals surface area (Å²) in [6.45, 7) is 3.81. The second kappa shape index (κ2) is 6.87. The van der Waals surface area contributed by atoms with Gasteiger partial charge in [0.1, 0.15) is 13.2 Å². The molecule has 1 aromatic heterocycles. The van der Waals surface area contributed by atoms with Crippen molar-refractivity contribution in [3.05, 3.63) is 36.2 Å². The van der Waals surface area contributed by atoms with Crippen molar-refractivity contribution >= 4 is 11.8 Å². The lowest BCUT2D eigenvalue weighted by Gasteiger charge is -2.21. The Morgan fingerprint density at radius 1 is 1.29 bits per heavy atom. The Labute approximate surface area is 128 Å². The van der Waals surface area contributed by atoms with E-state index in [0.29, 0.717) is 13.2 Å². The van der Waals surface area contributed by atoms with Gasteiger partial charge in [-0.3, -0.25) is 4.68 Å². The molecule has 6 heteroatoms. The summed E-state index contributed by atoms with van der Waals surface area (Å²) in [6.07, 6.45) is 5.85. The van der Waals surface area contributed by atoms with Crippen LogP contribution in [0.2, 0.25) is 0 Å². The lowest BCUT2D eigenvalue weighted by molar-refractivity contribution is 0.171. The van der Waals surface area contributed by atoms with Crippen molar-refractivity contribution in [3.63, 3.8) is 0 Å². The topological polar surface area (TPSA) is 48.3 Å². The van der Waals surface area contributed by atoms with Gasteiger partial charge >= 0.3 is 0 Å². The second-order valence-corrected chi connectivity index (χ2v) is 5.60. The number of rotatable bonds is 6. The maximum absolute atomic E-state index is 5.65. The number of nitrogens with one attached hydrogen (secondary N) is 1. The van der Waals surface area contributed by atoms with Crippen molar-refractivity contribution in [3.8, 4) is 11.5 Å². The molecule has 0 unspecified atom stereocenters. The number of benzene rings is 1. The first kappa shape index (κ1) is 14.3. The number of fused-ring (bicyclic) bond motifs is 1. The molecule has 2 aromatic rings. The van der Waals surface area contributed by atoms with E-state index in [1.54, 1.807) is 18.0 Å². The maximum atomic E-state index is 5.65. The molecule has 1 aliphatic heterocycles. The molecule has 1 aliphatic rings. The zero-order valence-electron chi connectivity index (χ0n) is 12.0. The van der Waals surface area contributed by atoms with Crippen LogP contribution in [0.25, 0.3) is 0 Å². The minimum Gasteiger partial charge on any atom is -0.486 e. The molecule has 0 saturated heterocycles. The van der Waals surface area contributed by atoms with Crippen LogP contribution < -0.4 is 14.8 Å². The molecular formula is C15H19N3O2S. The van der Waals surface area contributed by atoms with E-state index in [0.717, 1.165) is 31.1 Å². The third kappa shape index (κ3) is 3.51. The lowest BCUT2D eigenvalue weighted by atomic mass is 10.2. The highest BCUT2D eigenvalue weighted by atomic mass is 32.2. The molecule has 0 aliphatic carbocycles. The van der Waals surface area contributed by atoms with E-state index in [1.165, 1.54) is 10.5 Å². The fourth-order valence-electron chi connectivity index (χ4n) is 2.29. The highest BCUT2D eigenvalue weighted by Gasteiger charge is 2.15. The van der Waals surface area contributed by atoms with E-state index in [1.807, 2.05) is 16.9 Å². The van der Waals surface area contributed by atoms with Crippen LogP contribution in [0.5, 0.6) is 11.5 Å². The molecule has 3 rings (SSSR count). The van der Waals surface area contributed by atoms with Crippen LogP contribution in [-0.2, 0) is 13.1 Å². The van der Waals surface area contributed by atoms with Gasteiger partial charge in [-0.25, -0.2) is 0 Å². The molecule has 5 nitrogen and oxygen atoms in total. The summed E-state index contributed by atoms with van der Waals surface area (Å²) < 4.78 is 13.2. The molecule has 0 atom stereocenters. The van der Waals surface area contributed by atoms with Crippen LogP contribution in [0.15, 0.2) is 35.5 Å². The summed E-state index contributed by atoms with van der Waals surface area (Å²) >= 11 is 1.73. The summed E-state index contributed by atoms with van der Waals surface area (Å²) in [5.74, 6) is 1.70. The predicted molar refractivity (Wildman–Crippen MR) is 83.1 cm³/mol. The minimum absolute atomic E-state index is 0.623. The smallest absolute Gasteiger partial charge is 0.162 e. The van der Waals surface area contributed by atoms with E-state index >= 15 is 0 Å². The predicted octanol–water partition coefficient (Wildman–Crippen LogP) is 2.17. The molecule has 1 N–H and O–H groups in total. The summed E-state index contributed by atoms with van der Waals surface area (Å²) in [6, 6.07) is 6.09. The van der Waals surface area contributed by atoms with Crippen LogP contribution in [-0.4, -0.2) is 35.8 Å². The first-order chi connectivity index (χ1) is 10.4. The van der Waals surface area contributed by atoms with Crippen LogP contribution >= 0.6 is 11.8 Å². The van der Waals surface area contributed by atoms with Crippen LogP contribution in [0.1, 0.15) is 5.56 Å². The molecule has 0 spiro atoms. The Hall–Kier alpha value is -1.66. The zero-order valence-corrected chi connectivity index (χ0v) is 12.9. The Morgan fingerprint density at radius 3 is 2.81 bits per heavy atom. The van der Waals surface area contributed by atoms with Gasteiger partial charge in [-0.15, -0.1) is 11.8 Å². The first-order valence-electron chi connectivity index (χ1n) is 7.01. The number of hydrogen-bond acceptors (Lipinski definition) is 5. The van der Waals surface area contributed by atoms with E-state index < -0.39 is 0 Å². The third-order valence-corrected chi connectivity index (χ3v) is 4.16. The average molecular weight is 305 g/mol. The number of hydrogen-bond donors (Lipinski definition) is 1. The summed E-state index contributed by atoms with van der Waals surface area (Å²) in [4.78, 5) is 1.23. The van der Waals surface area contributed by atoms with Gasteiger partial charge in [0, 0.05) is 30.4 Å². The average Bonchev–Trinajstić information content (AvgIpc) is 3.04.